The zero-order valence-electron chi connectivity index (χ0n) is 12.8. The Labute approximate surface area is 125 Å². The molecule has 1 aromatic heterocycles. The monoisotopic (exact) mass is 292 g/mol. The van der Waals surface area contributed by atoms with Gasteiger partial charge in [0.25, 0.3) is 5.91 Å². The maximum absolute atomic E-state index is 12.8. The van der Waals surface area contributed by atoms with Crippen LogP contribution in [-0.2, 0) is 6.54 Å². The van der Waals surface area contributed by atoms with E-state index in [1.165, 1.54) is 6.07 Å². The molecular formula is C16H24N2O3. The van der Waals surface area contributed by atoms with Crippen LogP contribution in [0.4, 0.5) is 0 Å². The van der Waals surface area contributed by atoms with Crippen molar-refractivity contribution in [3.63, 3.8) is 0 Å². The molecule has 0 spiro atoms. The van der Waals surface area contributed by atoms with Gasteiger partial charge in [-0.3, -0.25) is 4.79 Å². The fourth-order valence-electron chi connectivity index (χ4n) is 3.20. The van der Waals surface area contributed by atoms with Crippen molar-refractivity contribution in [2.45, 2.75) is 58.5 Å². The fourth-order valence-corrected chi connectivity index (χ4v) is 3.20. The minimum atomic E-state index is -0.971. The smallest absolute Gasteiger partial charge is 0.352 e. The van der Waals surface area contributed by atoms with Crippen LogP contribution in [0.25, 0.3) is 0 Å². The minimum absolute atomic E-state index is 0.0214. The van der Waals surface area contributed by atoms with Gasteiger partial charge in [-0.1, -0.05) is 26.7 Å². The number of nitrogens with zero attached hydrogens (tertiary/aromatic N) is 2. The van der Waals surface area contributed by atoms with Gasteiger partial charge in [-0.05, 0) is 31.4 Å². The zero-order chi connectivity index (χ0) is 15.4. The molecule has 1 amide bonds. The molecule has 1 aliphatic heterocycles. The molecule has 0 saturated heterocycles. The number of carbonyl (C=O) groups is 2. The van der Waals surface area contributed by atoms with E-state index in [0.29, 0.717) is 18.8 Å². The third kappa shape index (κ3) is 3.12. The highest BCUT2D eigenvalue weighted by atomic mass is 16.4. The van der Waals surface area contributed by atoms with Crippen molar-refractivity contribution in [3.05, 3.63) is 23.5 Å². The van der Waals surface area contributed by atoms with Crippen molar-refractivity contribution in [2.24, 2.45) is 0 Å². The number of carboxylic acid groups (broad SMARTS) is 1. The van der Waals surface area contributed by atoms with E-state index in [4.69, 9.17) is 0 Å². The fraction of sp³-hybridized carbons (Fsp3) is 0.625. The van der Waals surface area contributed by atoms with Gasteiger partial charge in [0.2, 0.25) is 0 Å². The normalized spacial score (nSPS) is 15.2. The molecule has 1 N–H and O–H groups in total. The molecule has 2 heterocycles. The number of carbonyl (C=O) groups excluding carboxylic acids is 1. The van der Waals surface area contributed by atoms with Crippen molar-refractivity contribution in [3.8, 4) is 0 Å². The molecule has 21 heavy (non-hydrogen) atoms. The first-order valence-electron chi connectivity index (χ1n) is 7.83. The molecule has 1 aliphatic rings. The number of aromatic nitrogens is 1. The second-order valence-electron chi connectivity index (χ2n) is 5.64. The third-order valence-corrected chi connectivity index (χ3v) is 4.15. The van der Waals surface area contributed by atoms with Crippen molar-refractivity contribution in [2.75, 3.05) is 6.54 Å². The minimum Gasteiger partial charge on any atom is -0.477 e. The number of rotatable bonds is 6. The molecule has 0 fully saturated rings. The lowest BCUT2D eigenvalue weighted by atomic mass is 10.0. The van der Waals surface area contributed by atoms with E-state index in [2.05, 4.69) is 13.8 Å². The molecule has 116 valence electrons. The van der Waals surface area contributed by atoms with Crippen LogP contribution in [-0.4, -0.2) is 39.0 Å². The van der Waals surface area contributed by atoms with Crippen LogP contribution >= 0.6 is 0 Å². The van der Waals surface area contributed by atoms with Crippen LogP contribution in [0, 0.1) is 0 Å². The number of aromatic carboxylic acids is 1. The summed E-state index contributed by atoms with van der Waals surface area (Å²) >= 11 is 0. The van der Waals surface area contributed by atoms with E-state index in [1.54, 1.807) is 10.6 Å². The average Bonchev–Trinajstić information content (AvgIpc) is 2.80. The SMILES string of the molecule is CCCC(CCC)N1CCCn2c(C(=O)O)ccc2C1=O. The first-order chi connectivity index (χ1) is 10.1. The Morgan fingerprint density at radius 1 is 1.24 bits per heavy atom. The summed E-state index contributed by atoms with van der Waals surface area (Å²) < 4.78 is 1.65. The number of hydrogen-bond acceptors (Lipinski definition) is 2. The van der Waals surface area contributed by atoms with Crippen molar-refractivity contribution >= 4 is 11.9 Å². The molecule has 5 heteroatoms. The van der Waals surface area contributed by atoms with Crippen LogP contribution in [0.1, 0.15) is 66.9 Å². The molecule has 0 aromatic carbocycles. The predicted octanol–water partition coefficient (Wildman–Crippen LogP) is 3.00. The topological polar surface area (TPSA) is 62.5 Å². The summed E-state index contributed by atoms with van der Waals surface area (Å²) in [6.45, 7) is 5.58. The first kappa shape index (κ1) is 15.6. The molecule has 1 aromatic rings. The van der Waals surface area contributed by atoms with Gasteiger partial charge in [0.1, 0.15) is 11.4 Å². The van der Waals surface area contributed by atoms with Crippen LogP contribution in [0.2, 0.25) is 0 Å². The number of carboxylic acids is 1. The lowest BCUT2D eigenvalue weighted by Gasteiger charge is -2.30. The molecule has 2 rings (SSSR count). The summed E-state index contributed by atoms with van der Waals surface area (Å²) in [6.07, 6.45) is 4.92. The van der Waals surface area contributed by atoms with Gasteiger partial charge in [-0.15, -0.1) is 0 Å². The van der Waals surface area contributed by atoms with E-state index in [-0.39, 0.29) is 17.6 Å². The lowest BCUT2D eigenvalue weighted by Crippen LogP contribution is -2.40. The Morgan fingerprint density at radius 2 is 1.90 bits per heavy atom. The van der Waals surface area contributed by atoms with Crippen LogP contribution in [0.5, 0.6) is 0 Å². The summed E-state index contributed by atoms with van der Waals surface area (Å²) in [5, 5.41) is 9.21. The highest BCUT2D eigenvalue weighted by Gasteiger charge is 2.29. The molecule has 0 bridgehead atoms. The van der Waals surface area contributed by atoms with E-state index < -0.39 is 5.97 Å². The van der Waals surface area contributed by atoms with E-state index >= 15 is 0 Å². The average molecular weight is 292 g/mol. The zero-order valence-corrected chi connectivity index (χ0v) is 12.8. The van der Waals surface area contributed by atoms with E-state index in [9.17, 15) is 14.7 Å². The second-order valence-corrected chi connectivity index (χ2v) is 5.64. The van der Waals surface area contributed by atoms with Crippen LogP contribution in [0.3, 0.4) is 0 Å². The van der Waals surface area contributed by atoms with Crippen LogP contribution in [0.15, 0.2) is 12.1 Å². The molecule has 0 aliphatic carbocycles. The van der Waals surface area contributed by atoms with Gasteiger partial charge in [0.05, 0.1) is 0 Å². The Balaban J connectivity index is 2.30. The summed E-state index contributed by atoms with van der Waals surface area (Å²) in [4.78, 5) is 26.0. The van der Waals surface area contributed by atoms with Gasteiger partial charge in [0, 0.05) is 19.1 Å². The van der Waals surface area contributed by atoms with Crippen LogP contribution < -0.4 is 0 Å². The highest BCUT2D eigenvalue weighted by Crippen LogP contribution is 2.22. The largest absolute Gasteiger partial charge is 0.477 e. The molecule has 0 atom stereocenters. The van der Waals surface area contributed by atoms with E-state index in [1.807, 2.05) is 4.90 Å². The van der Waals surface area contributed by atoms with Crippen molar-refractivity contribution in [1.82, 2.24) is 9.47 Å². The Hall–Kier alpha value is -1.78. The number of hydrogen-bond donors (Lipinski definition) is 1. The maximum atomic E-state index is 12.8. The number of fused-ring (bicyclic) bond motifs is 1. The Bertz CT molecular complexity index is 516. The number of amides is 1. The van der Waals surface area contributed by atoms with Gasteiger partial charge in [-0.25, -0.2) is 4.79 Å². The van der Waals surface area contributed by atoms with Gasteiger partial charge >= 0.3 is 5.97 Å². The van der Waals surface area contributed by atoms with Gasteiger partial charge < -0.3 is 14.6 Å². The summed E-state index contributed by atoms with van der Waals surface area (Å²) in [6, 6.07) is 3.45. The maximum Gasteiger partial charge on any atom is 0.352 e. The molecule has 0 saturated carbocycles. The molecular weight excluding hydrogens is 268 g/mol. The van der Waals surface area contributed by atoms with Crippen molar-refractivity contribution in [1.29, 1.82) is 0 Å². The second kappa shape index (κ2) is 6.78. The standard InChI is InChI=1S/C16H24N2O3/c1-3-6-12(7-4-2)17-10-5-11-18-13(15(17)19)8-9-14(18)16(20)21/h8-9,12H,3-7,10-11H2,1-2H3,(H,20,21). The van der Waals surface area contributed by atoms with E-state index in [0.717, 1.165) is 32.1 Å². The summed E-state index contributed by atoms with van der Waals surface area (Å²) in [5.41, 5.74) is 0.727. The van der Waals surface area contributed by atoms with Gasteiger partial charge in [0.15, 0.2) is 0 Å². The lowest BCUT2D eigenvalue weighted by molar-refractivity contribution is 0.0660. The third-order valence-electron chi connectivity index (χ3n) is 4.15. The summed E-state index contributed by atoms with van der Waals surface area (Å²) in [5.74, 6) is -0.993. The Kier molecular flexibility index (Phi) is 5.04. The molecule has 5 nitrogen and oxygen atoms in total. The molecule has 0 radical (unpaired) electrons. The first-order valence-corrected chi connectivity index (χ1v) is 7.83. The quantitative estimate of drug-likeness (QED) is 0.876. The highest BCUT2D eigenvalue weighted by molar-refractivity contribution is 5.96. The van der Waals surface area contributed by atoms with Crippen molar-refractivity contribution < 1.29 is 14.7 Å². The molecule has 0 unspecified atom stereocenters. The Morgan fingerprint density at radius 3 is 2.48 bits per heavy atom. The predicted molar refractivity (Wildman–Crippen MR) is 80.6 cm³/mol. The van der Waals surface area contributed by atoms with Gasteiger partial charge in [-0.2, -0.15) is 0 Å². The summed E-state index contributed by atoms with van der Waals surface area (Å²) in [7, 11) is 0.